The van der Waals surface area contributed by atoms with E-state index >= 15 is 0 Å². The van der Waals surface area contributed by atoms with Gasteiger partial charge in [-0.2, -0.15) is 5.10 Å². The number of nitrogens with one attached hydrogen (secondary N) is 1. The first-order valence-electron chi connectivity index (χ1n) is 7.87. The first-order valence-corrected chi connectivity index (χ1v) is 8.85. The molecule has 0 radical (unpaired) electrons. The van der Waals surface area contributed by atoms with Crippen LogP contribution in [0, 0.1) is 12.7 Å². The quantitative estimate of drug-likeness (QED) is 0.677. The van der Waals surface area contributed by atoms with E-state index < -0.39 is 0 Å². The molecule has 0 atom stereocenters. The highest BCUT2D eigenvalue weighted by Crippen LogP contribution is 2.19. The number of hydrogen-bond donors (Lipinski definition) is 1. The normalized spacial score (nSPS) is 10.6. The predicted octanol–water partition coefficient (Wildman–Crippen LogP) is 4.11. The van der Waals surface area contributed by atoms with Crippen molar-refractivity contribution in [1.82, 2.24) is 9.78 Å². The maximum absolute atomic E-state index is 12.9. The summed E-state index contributed by atoms with van der Waals surface area (Å²) in [4.78, 5) is 13.1. The lowest BCUT2D eigenvalue weighted by Gasteiger charge is -2.09. The number of benzene rings is 2. The van der Waals surface area contributed by atoms with Crippen molar-refractivity contribution < 1.29 is 9.18 Å². The lowest BCUT2D eigenvalue weighted by Crippen LogP contribution is -2.17. The summed E-state index contributed by atoms with van der Waals surface area (Å²) < 4.78 is 14.7. The zero-order valence-electron chi connectivity index (χ0n) is 13.8. The minimum Gasteiger partial charge on any atom is -0.310 e. The smallest absolute Gasteiger partial charge is 0.235 e. The number of nitrogens with zero attached hydrogens (tertiary/aromatic N) is 2. The monoisotopic (exact) mass is 355 g/mol. The highest BCUT2D eigenvalue weighted by Gasteiger charge is 2.10. The maximum atomic E-state index is 12.9. The number of anilines is 1. The van der Waals surface area contributed by atoms with Crippen LogP contribution >= 0.6 is 11.8 Å². The van der Waals surface area contributed by atoms with E-state index in [4.69, 9.17) is 0 Å². The van der Waals surface area contributed by atoms with Crippen LogP contribution < -0.4 is 5.32 Å². The summed E-state index contributed by atoms with van der Waals surface area (Å²) in [6.45, 7) is 2.49. The Morgan fingerprint density at radius 2 is 1.88 bits per heavy atom. The van der Waals surface area contributed by atoms with Crippen LogP contribution in [0.2, 0.25) is 0 Å². The molecule has 0 saturated carbocycles. The van der Waals surface area contributed by atoms with Gasteiger partial charge in [-0.1, -0.05) is 30.3 Å². The Balaban J connectivity index is 1.62. The van der Waals surface area contributed by atoms with Crippen LogP contribution in [-0.4, -0.2) is 21.4 Å². The molecular formula is C19H18FN3OS. The van der Waals surface area contributed by atoms with E-state index in [0.29, 0.717) is 12.4 Å². The van der Waals surface area contributed by atoms with Crippen molar-refractivity contribution in [2.75, 3.05) is 11.1 Å². The molecule has 0 fully saturated rings. The van der Waals surface area contributed by atoms with Crippen LogP contribution in [0.1, 0.15) is 11.3 Å². The van der Waals surface area contributed by atoms with Crippen molar-refractivity contribution >= 4 is 23.5 Å². The molecule has 3 rings (SSSR count). The standard InChI is InChI=1S/C19H18FN3OS/c1-14-11-18(23(22-14)12-15-5-3-2-4-6-15)21-19(24)13-25-17-9-7-16(20)8-10-17/h2-11H,12-13H2,1H3,(H,21,24). The van der Waals surface area contributed by atoms with Gasteiger partial charge in [-0.3, -0.25) is 4.79 Å². The van der Waals surface area contributed by atoms with Gasteiger partial charge in [0, 0.05) is 11.0 Å². The summed E-state index contributed by atoms with van der Waals surface area (Å²) in [5.41, 5.74) is 1.96. The molecule has 0 spiro atoms. The van der Waals surface area contributed by atoms with Crippen LogP contribution in [-0.2, 0) is 11.3 Å². The van der Waals surface area contributed by atoms with E-state index in [-0.39, 0.29) is 17.5 Å². The molecule has 1 N–H and O–H groups in total. The van der Waals surface area contributed by atoms with Crippen LogP contribution in [0.15, 0.2) is 65.6 Å². The molecule has 1 amide bonds. The molecule has 128 valence electrons. The average molecular weight is 355 g/mol. The van der Waals surface area contributed by atoms with Crippen molar-refractivity contribution in [1.29, 1.82) is 0 Å². The van der Waals surface area contributed by atoms with Gasteiger partial charge >= 0.3 is 0 Å². The fraction of sp³-hybridized carbons (Fsp3) is 0.158. The van der Waals surface area contributed by atoms with Gasteiger partial charge in [-0.05, 0) is 36.8 Å². The van der Waals surface area contributed by atoms with Gasteiger partial charge in [0.15, 0.2) is 0 Å². The molecule has 0 unspecified atom stereocenters. The highest BCUT2D eigenvalue weighted by atomic mass is 32.2. The lowest BCUT2D eigenvalue weighted by atomic mass is 10.2. The molecule has 0 bridgehead atoms. The van der Waals surface area contributed by atoms with E-state index in [1.807, 2.05) is 43.3 Å². The van der Waals surface area contributed by atoms with E-state index in [0.717, 1.165) is 16.2 Å². The topological polar surface area (TPSA) is 46.9 Å². The summed E-state index contributed by atoms with van der Waals surface area (Å²) >= 11 is 1.36. The average Bonchev–Trinajstić information content (AvgIpc) is 2.94. The van der Waals surface area contributed by atoms with Gasteiger partial charge in [-0.15, -0.1) is 11.8 Å². The van der Waals surface area contributed by atoms with E-state index in [1.165, 1.54) is 23.9 Å². The van der Waals surface area contributed by atoms with Crippen molar-refractivity contribution in [2.24, 2.45) is 0 Å². The molecule has 0 aliphatic carbocycles. The van der Waals surface area contributed by atoms with Crippen LogP contribution in [0.5, 0.6) is 0 Å². The minimum absolute atomic E-state index is 0.122. The number of carbonyl (C=O) groups is 1. The first kappa shape index (κ1) is 17.2. The second-order valence-electron chi connectivity index (χ2n) is 5.60. The van der Waals surface area contributed by atoms with Gasteiger partial charge in [0.25, 0.3) is 0 Å². The van der Waals surface area contributed by atoms with Crippen molar-refractivity contribution in [2.45, 2.75) is 18.4 Å². The maximum Gasteiger partial charge on any atom is 0.235 e. The van der Waals surface area contributed by atoms with E-state index in [9.17, 15) is 9.18 Å². The Morgan fingerprint density at radius 3 is 2.60 bits per heavy atom. The number of rotatable bonds is 6. The van der Waals surface area contributed by atoms with Gasteiger partial charge in [0.1, 0.15) is 11.6 Å². The van der Waals surface area contributed by atoms with Crippen LogP contribution in [0.3, 0.4) is 0 Å². The molecule has 1 aromatic heterocycles. The Labute approximate surface area is 150 Å². The van der Waals surface area contributed by atoms with Gasteiger partial charge in [-0.25, -0.2) is 9.07 Å². The molecule has 1 heterocycles. The summed E-state index contributed by atoms with van der Waals surface area (Å²) in [5, 5.41) is 7.34. The fourth-order valence-corrected chi connectivity index (χ4v) is 3.08. The number of amides is 1. The minimum atomic E-state index is -0.283. The van der Waals surface area contributed by atoms with E-state index in [2.05, 4.69) is 10.4 Å². The molecule has 4 nitrogen and oxygen atoms in total. The third kappa shape index (κ3) is 4.93. The number of aryl methyl sites for hydroxylation is 1. The highest BCUT2D eigenvalue weighted by molar-refractivity contribution is 8.00. The number of aromatic nitrogens is 2. The largest absolute Gasteiger partial charge is 0.310 e. The summed E-state index contributed by atoms with van der Waals surface area (Å²) in [6, 6.07) is 17.9. The van der Waals surface area contributed by atoms with Crippen molar-refractivity contribution in [3.05, 3.63) is 77.7 Å². The SMILES string of the molecule is Cc1cc(NC(=O)CSc2ccc(F)cc2)n(Cc2ccccc2)n1. The van der Waals surface area contributed by atoms with Crippen molar-refractivity contribution in [3.63, 3.8) is 0 Å². The van der Waals surface area contributed by atoms with Gasteiger partial charge < -0.3 is 5.32 Å². The molecule has 0 aliphatic heterocycles. The van der Waals surface area contributed by atoms with Gasteiger partial charge in [0.2, 0.25) is 5.91 Å². The second-order valence-corrected chi connectivity index (χ2v) is 6.65. The first-order chi connectivity index (χ1) is 12.1. The predicted molar refractivity (Wildman–Crippen MR) is 98.3 cm³/mol. The van der Waals surface area contributed by atoms with E-state index in [1.54, 1.807) is 16.8 Å². The zero-order valence-corrected chi connectivity index (χ0v) is 14.6. The Hall–Kier alpha value is -2.60. The summed E-state index contributed by atoms with van der Waals surface area (Å²) in [7, 11) is 0. The number of carbonyl (C=O) groups excluding carboxylic acids is 1. The van der Waals surface area contributed by atoms with Gasteiger partial charge in [0.05, 0.1) is 18.0 Å². The van der Waals surface area contributed by atoms with Crippen molar-refractivity contribution in [3.8, 4) is 0 Å². The molecule has 2 aromatic carbocycles. The summed E-state index contributed by atoms with van der Waals surface area (Å²) in [6.07, 6.45) is 0. The third-order valence-electron chi connectivity index (χ3n) is 3.53. The number of hydrogen-bond acceptors (Lipinski definition) is 3. The molecule has 6 heteroatoms. The Bertz CT molecular complexity index is 847. The number of halogens is 1. The molecule has 0 saturated heterocycles. The molecule has 3 aromatic rings. The molecular weight excluding hydrogens is 337 g/mol. The molecule has 0 aliphatic rings. The number of thioether (sulfide) groups is 1. The second kappa shape index (κ2) is 7.98. The zero-order chi connectivity index (χ0) is 17.6. The van der Waals surface area contributed by atoms with Crippen LogP contribution in [0.25, 0.3) is 0 Å². The third-order valence-corrected chi connectivity index (χ3v) is 4.54. The van der Waals surface area contributed by atoms with Crippen LogP contribution in [0.4, 0.5) is 10.2 Å². The summed E-state index contributed by atoms with van der Waals surface area (Å²) in [5.74, 6) is 0.518. The Kier molecular flexibility index (Phi) is 5.50. The molecule has 25 heavy (non-hydrogen) atoms. The Morgan fingerprint density at radius 1 is 1.16 bits per heavy atom. The fourth-order valence-electron chi connectivity index (χ4n) is 2.38. The lowest BCUT2D eigenvalue weighted by molar-refractivity contribution is -0.113.